The van der Waals surface area contributed by atoms with E-state index in [2.05, 4.69) is 10.4 Å². The zero-order chi connectivity index (χ0) is 14.7. The first-order valence-electron chi connectivity index (χ1n) is 5.92. The summed E-state index contributed by atoms with van der Waals surface area (Å²) in [5.74, 6) is 0. The van der Waals surface area contributed by atoms with Gasteiger partial charge in [0.05, 0.1) is 12.2 Å². The highest BCUT2D eigenvalue weighted by Crippen LogP contribution is 2.24. The summed E-state index contributed by atoms with van der Waals surface area (Å²) < 4.78 is 27.8. The lowest BCUT2D eigenvalue weighted by Gasteiger charge is -2.18. The summed E-state index contributed by atoms with van der Waals surface area (Å²) in [5, 5.41) is 7.60. The van der Waals surface area contributed by atoms with E-state index in [1.807, 2.05) is 0 Å². The van der Waals surface area contributed by atoms with Gasteiger partial charge < -0.3 is 5.32 Å². The maximum atomic E-state index is 13.2. The second kappa shape index (κ2) is 6.52. The molecule has 2 rings (SSSR count). The van der Waals surface area contributed by atoms with Crippen LogP contribution in [-0.2, 0) is 13.6 Å². The quantitative estimate of drug-likeness (QED) is 0.907. The van der Waals surface area contributed by atoms with Gasteiger partial charge in [0.15, 0.2) is 0 Å². The van der Waals surface area contributed by atoms with Gasteiger partial charge in [-0.1, -0.05) is 35.3 Å². The van der Waals surface area contributed by atoms with Crippen LogP contribution in [0.2, 0.25) is 10.2 Å². The van der Waals surface area contributed by atoms with Crippen LogP contribution in [0.3, 0.4) is 0 Å². The molecular weight excluding hydrogens is 307 g/mol. The SMILES string of the molecule is Cn1ncc(CNC(c2cccc(Cl)c2)C(F)F)c1Cl. The number of hydrogen-bond acceptors (Lipinski definition) is 2. The third-order valence-electron chi connectivity index (χ3n) is 2.91. The molecule has 20 heavy (non-hydrogen) atoms. The number of nitrogens with one attached hydrogen (secondary N) is 1. The maximum Gasteiger partial charge on any atom is 0.257 e. The molecule has 0 aliphatic carbocycles. The van der Waals surface area contributed by atoms with Crippen molar-refractivity contribution in [3.8, 4) is 0 Å². The summed E-state index contributed by atoms with van der Waals surface area (Å²) in [6.45, 7) is 0.203. The maximum absolute atomic E-state index is 13.2. The molecule has 1 atom stereocenters. The predicted octanol–water partition coefficient (Wildman–Crippen LogP) is 3.82. The molecule has 108 valence electrons. The molecule has 1 N–H and O–H groups in total. The molecule has 0 radical (unpaired) electrons. The number of nitrogens with zero attached hydrogens (tertiary/aromatic N) is 2. The minimum atomic E-state index is -2.55. The lowest BCUT2D eigenvalue weighted by Crippen LogP contribution is -2.27. The highest BCUT2D eigenvalue weighted by molar-refractivity contribution is 6.30. The van der Waals surface area contributed by atoms with Crippen LogP contribution in [-0.4, -0.2) is 16.2 Å². The van der Waals surface area contributed by atoms with Crippen molar-refractivity contribution in [2.45, 2.75) is 19.0 Å². The normalized spacial score (nSPS) is 12.9. The van der Waals surface area contributed by atoms with E-state index in [1.165, 1.54) is 10.7 Å². The average Bonchev–Trinajstić information content (AvgIpc) is 2.70. The zero-order valence-corrected chi connectivity index (χ0v) is 12.2. The molecule has 7 heteroatoms. The van der Waals surface area contributed by atoms with Gasteiger partial charge in [0.1, 0.15) is 5.15 Å². The first-order valence-corrected chi connectivity index (χ1v) is 6.68. The van der Waals surface area contributed by atoms with E-state index >= 15 is 0 Å². The van der Waals surface area contributed by atoms with Gasteiger partial charge in [0.25, 0.3) is 6.43 Å². The molecule has 0 amide bonds. The number of benzene rings is 1. The van der Waals surface area contributed by atoms with Gasteiger partial charge in [-0.15, -0.1) is 0 Å². The van der Waals surface area contributed by atoms with E-state index in [9.17, 15) is 8.78 Å². The Morgan fingerprint density at radius 3 is 2.65 bits per heavy atom. The van der Waals surface area contributed by atoms with Crippen molar-refractivity contribution < 1.29 is 8.78 Å². The average molecular weight is 320 g/mol. The van der Waals surface area contributed by atoms with Crippen LogP contribution in [0.25, 0.3) is 0 Å². The van der Waals surface area contributed by atoms with E-state index in [-0.39, 0.29) is 6.54 Å². The van der Waals surface area contributed by atoms with Crippen molar-refractivity contribution in [2.75, 3.05) is 0 Å². The molecule has 0 saturated carbocycles. The Hall–Kier alpha value is -1.17. The molecule has 0 aliphatic rings. The molecule has 1 heterocycles. The smallest absolute Gasteiger partial charge is 0.257 e. The van der Waals surface area contributed by atoms with Crippen molar-refractivity contribution in [1.82, 2.24) is 15.1 Å². The van der Waals surface area contributed by atoms with Gasteiger partial charge in [-0.3, -0.25) is 4.68 Å². The number of rotatable bonds is 5. The van der Waals surface area contributed by atoms with Crippen molar-refractivity contribution in [1.29, 1.82) is 0 Å². The number of aryl methyl sites for hydroxylation is 1. The summed E-state index contributed by atoms with van der Waals surface area (Å²) in [5.41, 5.74) is 1.11. The van der Waals surface area contributed by atoms with Crippen molar-refractivity contribution in [2.24, 2.45) is 7.05 Å². The number of halogens is 4. The van der Waals surface area contributed by atoms with E-state index in [4.69, 9.17) is 23.2 Å². The third kappa shape index (κ3) is 3.48. The Labute approximate surface area is 125 Å². The monoisotopic (exact) mass is 319 g/mol. The van der Waals surface area contributed by atoms with Gasteiger partial charge in [0.2, 0.25) is 0 Å². The van der Waals surface area contributed by atoms with Gasteiger partial charge in [-0.25, -0.2) is 8.78 Å². The lowest BCUT2D eigenvalue weighted by atomic mass is 10.1. The minimum absolute atomic E-state index is 0.203. The second-order valence-electron chi connectivity index (χ2n) is 4.33. The summed E-state index contributed by atoms with van der Waals surface area (Å²) >= 11 is 11.8. The molecule has 0 saturated heterocycles. The lowest BCUT2D eigenvalue weighted by molar-refractivity contribution is 0.0975. The molecule has 0 bridgehead atoms. The van der Waals surface area contributed by atoms with Crippen molar-refractivity contribution >= 4 is 23.2 Å². The van der Waals surface area contributed by atoms with Crippen molar-refractivity contribution in [3.05, 3.63) is 51.8 Å². The van der Waals surface area contributed by atoms with E-state index in [0.29, 0.717) is 21.3 Å². The van der Waals surface area contributed by atoms with E-state index in [0.717, 1.165) is 0 Å². The van der Waals surface area contributed by atoms with Crippen LogP contribution >= 0.6 is 23.2 Å². The van der Waals surface area contributed by atoms with Crippen LogP contribution in [0.15, 0.2) is 30.5 Å². The van der Waals surface area contributed by atoms with Gasteiger partial charge >= 0.3 is 0 Å². The van der Waals surface area contributed by atoms with Gasteiger partial charge in [0, 0.05) is 24.2 Å². The summed E-state index contributed by atoms with van der Waals surface area (Å²) in [6.07, 6.45) is -1.00. The first kappa shape index (κ1) is 15.2. The molecule has 1 unspecified atom stereocenters. The van der Waals surface area contributed by atoms with Crippen LogP contribution < -0.4 is 5.32 Å². The Morgan fingerprint density at radius 1 is 1.35 bits per heavy atom. The highest BCUT2D eigenvalue weighted by atomic mass is 35.5. The number of aromatic nitrogens is 2. The second-order valence-corrected chi connectivity index (χ2v) is 5.13. The molecular formula is C13H13Cl2F2N3. The fraction of sp³-hybridized carbons (Fsp3) is 0.308. The first-order chi connectivity index (χ1) is 9.49. The van der Waals surface area contributed by atoms with E-state index in [1.54, 1.807) is 31.4 Å². The predicted molar refractivity (Wildman–Crippen MR) is 75.3 cm³/mol. The Bertz CT molecular complexity index is 587. The Kier molecular flexibility index (Phi) is 4.96. The minimum Gasteiger partial charge on any atom is -0.301 e. The largest absolute Gasteiger partial charge is 0.301 e. The molecule has 1 aromatic carbocycles. The van der Waals surface area contributed by atoms with Crippen LogP contribution in [0.4, 0.5) is 8.78 Å². The number of alkyl halides is 2. The topological polar surface area (TPSA) is 29.9 Å². The number of hydrogen-bond donors (Lipinski definition) is 1. The highest BCUT2D eigenvalue weighted by Gasteiger charge is 2.22. The fourth-order valence-corrected chi connectivity index (χ4v) is 2.22. The fourth-order valence-electron chi connectivity index (χ4n) is 1.86. The van der Waals surface area contributed by atoms with Crippen molar-refractivity contribution in [3.63, 3.8) is 0 Å². The van der Waals surface area contributed by atoms with E-state index < -0.39 is 12.5 Å². The zero-order valence-electron chi connectivity index (χ0n) is 10.7. The van der Waals surface area contributed by atoms with Crippen LogP contribution in [0, 0.1) is 0 Å². The van der Waals surface area contributed by atoms with Gasteiger partial charge in [-0.2, -0.15) is 5.10 Å². The summed E-state index contributed by atoms with van der Waals surface area (Å²) in [6, 6.07) is 5.32. The van der Waals surface area contributed by atoms with Crippen LogP contribution in [0.1, 0.15) is 17.2 Å². The van der Waals surface area contributed by atoms with Gasteiger partial charge in [-0.05, 0) is 17.7 Å². The molecule has 0 fully saturated rings. The summed E-state index contributed by atoms with van der Waals surface area (Å²) in [7, 11) is 1.69. The molecule has 1 aromatic heterocycles. The van der Waals surface area contributed by atoms with Crippen LogP contribution in [0.5, 0.6) is 0 Å². The molecule has 0 spiro atoms. The third-order valence-corrected chi connectivity index (χ3v) is 3.63. The molecule has 0 aliphatic heterocycles. The molecule has 3 nitrogen and oxygen atoms in total. The standard InChI is InChI=1S/C13H13Cl2F2N3/c1-20-12(15)9(7-19-20)6-18-11(13(16)17)8-3-2-4-10(14)5-8/h2-5,7,11,13,18H,6H2,1H3. The summed E-state index contributed by atoms with van der Waals surface area (Å²) in [4.78, 5) is 0. The Balaban J connectivity index is 2.13. The molecule has 2 aromatic rings. The Morgan fingerprint density at radius 2 is 2.10 bits per heavy atom.